The van der Waals surface area contributed by atoms with Crippen LogP contribution < -0.4 is 5.32 Å². The Labute approximate surface area is 127 Å². The van der Waals surface area contributed by atoms with Crippen molar-refractivity contribution in [3.8, 4) is 0 Å². The van der Waals surface area contributed by atoms with Gasteiger partial charge >= 0.3 is 0 Å². The standard InChI is InChI=1S/C16H16FN3S/c1-20-8-7-18-16(20)15(13-2-4-14(17)5-3-13)19-10-12-6-9-21-11-12/h2-9,11,15,19H,10H2,1H3/t15-/m0/s1. The van der Waals surface area contributed by atoms with Crippen molar-refractivity contribution in [3.05, 3.63) is 76.3 Å². The van der Waals surface area contributed by atoms with E-state index in [1.807, 2.05) is 17.8 Å². The van der Waals surface area contributed by atoms with Crippen LogP contribution in [0.5, 0.6) is 0 Å². The summed E-state index contributed by atoms with van der Waals surface area (Å²) >= 11 is 1.68. The average Bonchev–Trinajstić information content (AvgIpc) is 3.13. The van der Waals surface area contributed by atoms with Gasteiger partial charge in [0.05, 0.1) is 6.04 Å². The molecule has 0 saturated carbocycles. The minimum Gasteiger partial charge on any atom is -0.336 e. The quantitative estimate of drug-likeness (QED) is 0.781. The summed E-state index contributed by atoms with van der Waals surface area (Å²) in [5, 5.41) is 7.68. The smallest absolute Gasteiger partial charge is 0.130 e. The van der Waals surface area contributed by atoms with Crippen molar-refractivity contribution < 1.29 is 4.39 Å². The Kier molecular flexibility index (Phi) is 4.13. The Morgan fingerprint density at radius 2 is 2.10 bits per heavy atom. The SMILES string of the molecule is Cn1ccnc1[C@@H](NCc1ccsc1)c1ccc(F)cc1. The van der Waals surface area contributed by atoms with Gasteiger partial charge < -0.3 is 4.57 Å². The highest BCUT2D eigenvalue weighted by molar-refractivity contribution is 7.07. The van der Waals surface area contributed by atoms with Crippen LogP contribution in [-0.4, -0.2) is 9.55 Å². The third kappa shape index (κ3) is 3.20. The molecule has 3 nitrogen and oxygen atoms in total. The molecule has 0 fully saturated rings. The van der Waals surface area contributed by atoms with Crippen molar-refractivity contribution in [2.24, 2.45) is 7.05 Å². The lowest BCUT2D eigenvalue weighted by Gasteiger charge is -2.19. The van der Waals surface area contributed by atoms with Crippen LogP contribution in [0.2, 0.25) is 0 Å². The highest BCUT2D eigenvalue weighted by Crippen LogP contribution is 2.21. The van der Waals surface area contributed by atoms with Gasteiger partial charge in [0, 0.05) is 26.0 Å². The Bertz CT molecular complexity index is 689. The molecule has 2 aromatic heterocycles. The van der Waals surface area contributed by atoms with E-state index < -0.39 is 0 Å². The molecule has 0 aliphatic carbocycles. The topological polar surface area (TPSA) is 29.9 Å². The van der Waals surface area contributed by atoms with Crippen LogP contribution >= 0.6 is 11.3 Å². The van der Waals surface area contributed by atoms with Gasteiger partial charge in [0.25, 0.3) is 0 Å². The second-order valence-electron chi connectivity index (χ2n) is 4.89. The fourth-order valence-electron chi connectivity index (χ4n) is 2.28. The van der Waals surface area contributed by atoms with Crippen LogP contribution in [0.1, 0.15) is 23.0 Å². The van der Waals surface area contributed by atoms with Crippen LogP contribution in [0.15, 0.2) is 53.5 Å². The van der Waals surface area contributed by atoms with Crippen molar-refractivity contribution >= 4 is 11.3 Å². The molecule has 0 unspecified atom stereocenters. The number of nitrogens with zero attached hydrogens (tertiary/aromatic N) is 2. The van der Waals surface area contributed by atoms with Gasteiger partial charge in [0.2, 0.25) is 0 Å². The molecule has 0 bridgehead atoms. The summed E-state index contributed by atoms with van der Waals surface area (Å²) in [6.45, 7) is 0.748. The molecule has 0 aliphatic heterocycles. The van der Waals surface area contributed by atoms with Crippen LogP contribution in [0.4, 0.5) is 4.39 Å². The zero-order valence-electron chi connectivity index (χ0n) is 11.7. The van der Waals surface area contributed by atoms with E-state index in [2.05, 4.69) is 27.1 Å². The van der Waals surface area contributed by atoms with Crippen molar-refractivity contribution in [1.82, 2.24) is 14.9 Å². The van der Waals surface area contributed by atoms with Crippen LogP contribution in [0, 0.1) is 5.82 Å². The summed E-state index contributed by atoms with van der Waals surface area (Å²) in [6, 6.07) is 8.60. The number of nitrogens with one attached hydrogen (secondary N) is 1. The minimum absolute atomic E-state index is 0.0644. The third-order valence-electron chi connectivity index (χ3n) is 3.41. The monoisotopic (exact) mass is 301 g/mol. The zero-order valence-corrected chi connectivity index (χ0v) is 12.5. The summed E-state index contributed by atoms with van der Waals surface area (Å²) in [5.74, 6) is 0.687. The first-order chi connectivity index (χ1) is 10.2. The fraction of sp³-hybridized carbons (Fsp3) is 0.188. The molecule has 108 valence electrons. The summed E-state index contributed by atoms with van der Waals surface area (Å²) in [7, 11) is 1.96. The molecule has 1 aromatic carbocycles. The van der Waals surface area contributed by atoms with E-state index in [1.54, 1.807) is 29.7 Å². The van der Waals surface area contributed by atoms with Crippen molar-refractivity contribution in [1.29, 1.82) is 0 Å². The molecule has 2 heterocycles. The van der Waals surface area contributed by atoms with E-state index in [1.165, 1.54) is 17.7 Å². The lowest BCUT2D eigenvalue weighted by atomic mass is 10.1. The molecule has 0 aliphatic rings. The molecule has 3 aromatic rings. The number of hydrogen-bond acceptors (Lipinski definition) is 3. The molecular formula is C16H16FN3S. The maximum atomic E-state index is 13.1. The lowest BCUT2D eigenvalue weighted by Crippen LogP contribution is -2.24. The number of thiophene rings is 1. The predicted molar refractivity (Wildman–Crippen MR) is 82.6 cm³/mol. The summed E-state index contributed by atoms with van der Waals surface area (Å²) in [4.78, 5) is 4.42. The molecule has 3 rings (SSSR count). The zero-order chi connectivity index (χ0) is 14.7. The molecule has 0 spiro atoms. The maximum Gasteiger partial charge on any atom is 0.130 e. The molecule has 5 heteroatoms. The highest BCUT2D eigenvalue weighted by atomic mass is 32.1. The van der Waals surface area contributed by atoms with Crippen molar-refractivity contribution in [3.63, 3.8) is 0 Å². The van der Waals surface area contributed by atoms with E-state index >= 15 is 0 Å². The summed E-state index contributed by atoms with van der Waals surface area (Å²) in [5.41, 5.74) is 2.24. The number of benzene rings is 1. The van der Waals surface area contributed by atoms with Gasteiger partial charge in [0.15, 0.2) is 0 Å². The Morgan fingerprint density at radius 3 is 2.71 bits per heavy atom. The number of aryl methyl sites for hydroxylation is 1. The molecule has 0 amide bonds. The molecule has 0 saturated heterocycles. The van der Waals surface area contributed by atoms with E-state index in [4.69, 9.17) is 0 Å². The number of halogens is 1. The second-order valence-corrected chi connectivity index (χ2v) is 5.67. The summed E-state index contributed by atoms with van der Waals surface area (Å²) in [6.07, 6.45) is 3.69. The average molecular weight is 301 g/mol. The van der Waals surface area contributed by atoms with Crippen LogP contribution in [-0.2, 0) is 13.6 Å². The Morgan fingerprint density at radius 1 is 1.29 bits per heavy atom. The molecule has 0 radical (unpaired) electrons. The highest BCUT2D eigenvalue weighted by Gasteiger charge is 2.17. The van der Waals surface area contributed by atoms with Gasteiger partial charge in [-0.3, -0.25) is 5.32 Å². The predicted octanol–water partition coefficient (Wildman–Crippen LogP) is 3.50. The molecule has 1 atom stereocenters. The number of imidazole rings is 1. The number of rotatable bonds is 5. The van der Waals surface area contributed by atoms with E-state index in [9.17, 15) is 4.39 Å². The van der Waals surface area contributed by atoms with Crippen LogP contribution in [0.25, 0.3) is 0 Å². The first kappa shape index (κ1) is 14.0. The lowest BCUT2D eigenvalue weighted by molar-refractivity contribution is 0.556. The fourth-order valence-corrected chi connectivity index (χ4v) is 2.95. The van der Waals surface area contributed by atoms with Gasteiger partial charge in [-0.15, -0.1) is 0 Å². The van der Waals surface area contributed by atoms with Crippen molar-refractivity contribution in [2.75, 3.05) is 0 Å². The number of hydrogen-bond donors (Lipinski definition) is 1. The normalized spacial score (nSPS) is 12.5. The maximum absolute atomic E-state index is 13.1. The first-order valence-corrected chi connectivity index (χ1v) is 7.65. The number of aromatic nitrogens is 2. The van der Waals surface area contributed by atoms with Gasteiger partial charge in [-0.2, -0.15) is 11.3 Å². The molecular weight excluding hydrogens is 285 g/mol. The molecule has 1 N–H and O–H groups in total. The van der Waals surface area contributed by atoms with E-state index in [-0.39, 0.29) is 11.9 Å². The van der Waals surface area contributed by atoms with Gasteiger partial charge in [-0.05, 0) is 40.1 Å². The van der Waals surface area contributed by atoms with Gasteiger partial charge in [-0.25, -0.2) is 9.37 Å². The third-order valence-corrected chi connectivity index (χ3v) is 4.14. The van der Waals surface area contributed by atoms with Gasteiger partial charge in [0.1, 0.15) is 11.6 Å². The van der Waals surface area contributed by atoms with Gasteiger partial charge in [-0.1, -0.05) is 12.1 Å². The van der Waals surface area contributed by atoms with Crippen LogP contribution in [0.3, 0.4) is 0 Å². The van der Waals surface area contributed by atoms with E-state index in [0.29, 0.717) is 0 Å². The minimum atomic E-state index is -0.227. The second kappa shape index (κ2) is 6.20. The summed E-state index contributed by atoms with van der Waals surface area (Å²) < 4.78 is 15.1. The Hall–Kier alpha value is -1.98. The van der Waals surface area contributed by atoms with Crippen molar-refractivity contribution in [2.45, 2.75) is 12.6 Å². The molecule has 21 heavy (non-hydrogen) atoms. The Balaban J connectivity index is 1.87. The largest absolute Gasteiger partial charge is 0.336 e. The van der Waals surface area contributed by atoms with E-state index in [0.717, 1.165) is 17.9 Å². The first-order valence-electron chi connectivity index (χ1n) is 6.71.